The number of anilines is 1. The summed E-state index contributed by atoms with van der Waals surface area (Å²) in [4.78, 5) is 11.8. The van der Waals surface area contributed by atoms with E-state index in [4.69, 9.17) is 4.42 Å². The van der Waals surface area contributed by atoms with Crippen LogP contribution in [0.2, 0.25) is 0 Å². The largest absolute Gasteiger partial charge is 0.444 e. The molecule has 1 N–H and O–H groups in total. The van der Waals surface area contributed by atoms with Crippen molar-refractivity contribution in [3.8, 4) is 0 Å². The maximum absolute atomic E-state index is 11.8. The van der Waals surface area contributed by atoms with Gasteiger partial charge in [0.25, 0.3) is 5.91 Å². The van der Waals surface area contributed by atoms with Gasteiger partial charge < -0.3 is 9.73 Å². The van der Waals surface area contributed by atoms with Crippen LogP contribution in [-0.4, -0.2) is 5.91 Å². The second kappa shape index (κ2) is 5.37. The Morgan fingerprint density at radius 3 is 2.41 bits per heavy atom. The summed E-state index contributed by atoms with van der Waals surface area (Å²) >= 11 is 9.87. The van der Waals surface area contributed by atoms with Gasteiger partial charge in [0.15, 0.2) is 10.4 Å². The SMILES string of the molecule is O=C(Nc1ccc(Br)c(Br)c1)c1ccc(Br)o1. The highest BCUT2D eigenvalue weighted by atomic mass is 79.9. The molecular formula is C11H6Br3NO2. The lowest BCUT2D eigenvalue weighted by Crippen LogP contribution is -2.10. The van der Waals surface area contributed by atoms with Crippen LogP contribution in [0.1, 0.15) is 10.6 Å². The molecule has 2 aromatic rings. The first-order valence-electron chi connectivity index (χ1n) is 4.58. The van der Waals surface area contributed by atoms with Gasteiger partial charge in [0.1, 0.15) is 0 Å². The van der Waals surface area contributed by atoms with Crippen LogP contribution in [-0.2, 0) is 0 Å². The van der Waals surface area contributed by atoms with Crippen molar-refractivity contribution in [2.24, 2.45) is 0 Å². The van der Waals surface area contributed by atoms with Gasteiger partial charge in [-0.15, -0.1) is 0 Å². The molecule has 3 nitrogen and oxygen atoms in total. The lowest BCUT2D eigenvalue weighted by molar-refractivity contribution is 0.0995. The number of hydrogen-bond acceptors (Lipinski definition) is 2. The molecule has 2 rings (SSSR count). The minimum Gasteiger partial charge on any atom is -0.444 e. The third-order valence-corrected chi connectivity index (χ3v) is 4.28. The van der Waals surface area contributed by atoms with Gasteiger partial charge in [-0.2, -0.15) is 0 Å². The second-order valence-corrected chi connectivity index (χ2v) is 5.68. The Labute approximate surface area is 123 Å². The quantitative estimate of drug-likeness (QED) is 0.752. The standard InChI is InChI=1S/C11H6Br3NO2/c12-7-2-1-6(5-8(7)13)15-11(16)9-3-4-10(14)17-9/h1-5H,(H,15,16). The predicted molar refractivity (Wildman–Crippen MR) is 76.2 cm³/mol. The fraction of sp³-hybridized carbons (Fsp3) is 0. The van der Waals surface area contributed by atoms with E-state index in [0.717, 1.165) is 8.95 Å². The van der Waals surface area contributed by atoms with E-state index in [0.29, 0.717) is 10.4 Å². The molecule has 0 radical (unpaired) electrons. The van der Waals surface area contributed by atoms with Crippen LogP contribution in [0, 0.1) is 0 Å². The van der Waals surface area contributed by atoms with E-state index in [1.165, 1.54) is 0 Å². The van der Waals surface area contributed by atoms with Crippen LogP contribution in [0.3, 0.4) is 0 Å². The van der Waals surface area contributed by atoms with E-state index in [2.05, 4.69) is 53.1 Å². The molecule has 0 spiro atoms. The summed E-state index contributed by atoms with van der Waals surface area (Å²) in [5, 5.41) is 2.74. The van der Waals surface area contributed by atoms with Crippen molar-refractivity contribution in [3.05, 3.63) is 49.7 Å². The number of halogens is 3. The first kappa shape index (κ1) is 12.9. The first-order valence-corrected chi connectivity index (χ1v) is 6.96. The van der Waals surface area contributed by atoms with E-state index in [1.807, 2.05) is 6.07 Å². The van der Waals surface area contributed by atoms with Crippen molar-refractivity contribution in [1.29, 1.82) is 0 Å². The number of rotatable bonds is 2. The third-order valence-electron chi connectivity index (χ3n) is 1.97. The predicted octanol–water partition coefficient (Wildman–Crippen LogP) is 4.82. The highest BCUT2D eigenvalue weighted by Gasteiger charge is 2.11. The Balaban J connectivity index is 2.15. The molecule has 0 atom stereocenters. The fourth-order valence-electron chi connectivity index (χ4n) is 1.20. The number of benzene rings is 1. The Bertz CT molecular complexity index is 566. The molecule has 1 aromatic carbocycles. The van der Waals surface area contributed by atoms with Gasteiger partial charge in [-0.05, 0) is 78.1 Å². The Kier molecular flexibility index (Phi) is 4.06. The number of amides is 1. The normalized spacial score (nSPS) is 10.3. The molecular weight excluding hydrogens is 418 g/mol. The fourth-order valence-corrected chi connectivity index (χ4v) is 2.13. The van der Waals surface area contributed by atoms with Gasteiger partial charge in [-0.25, -0.2) is 0 Å². The molecule has 0 bridgehead atoms. The van der Waals surface area contributed by atoms with Crippen molar-refractivity contribution in [3.63, 3.8) is 0 Å². The smallest absolute Gasteiger partial charge is 0.291 e. The number of carbonyl (C=O) groups is 1. The topological polar surface area (TPSA) is 42.2 Å². The maximum Gasteiger partial charge on any atom is 0.291 e. The van der Waals surface area contributed by atoms with Crippen LogP contribution in [0.4, 0.5) is 5.69 Å². The van der Waals surface area contributed by atoms with E-state index < -0.39 is 0 Å². The Morgan fingerprint density at radius 1 is 1.06 bits per heavy atom. The van der Waals surface area contributed by atoms with E-state index in [9.17, 15) is 4.79 Å². The van der Waals surface area contributed by atoms with Crippen LogP contribution >= 0.6 is 47.8 Å². The van der Waals surface area contributed by atoms with Gasteiger partial charge in [0, 0.05) is 14.6 Å². The second-order valence-electron chi connectivity index (χ2n) is 3.19. The summed E-state index contributed by atoms with van der Waals surface area (Å²) in [5.74, 6) is -0.0270. The third kappa shape index (κ3) is 3.20. The van der Waals surface area contributed by atoms with Gasteiger partial charge in [-0.1, -0.05) is 0 Å². The van der Waals surface area contributed by atoms with Gasteiger partial charge in [0.2, 0.25) is 0 Å². The van der Waals surface area contributed by atoms with E-state index >= 15 is 0 Å². The zero-order chi connectivity index (χ0) is 12.4. The average molecular weight is 424 g/mol. The zero-order valence-corrected chi connectivity index (χ0v) is 13.1. The monoisotopic (exact) mass is 421 g/mol. The summed E-state index contributed by atoms with van der Waals surface area (Å²) in [6.45, 7) is 0. The molecule has 0 saturated heterocycles. The molecule has 88 valence electrons. The molecule has 1 amide bonds. The van der Waals surface area contributed by atoms with Gasteiger partial charge in [-0.3, -0.25) is 4.79 Å². The van der Waals surface area contributed by atoms with Crippen molar-refractivity contribution < 1.29 is 9.21 Å². The van der Waals surface area contributed by atoms with Crippen LogP contribution in [0.25, 0.3) is 0 Å². The highest BCUT2D eigenvalue weighted by Crippen LogP contribution is 2.26. The Hall–Kier alpha value is -0.590. The highest BCUT2D eigenvalue weighted by molar-refractivity contribution is 9.13. The summed E-state index contributed by atoms with van der Waals surface area (Å²) in [6, 6.07) is 8.72. The molecule has 0 aliphatic heterocycles. The molecule has 0 fully saturated rings. The van der Waals surface area contributed by atoms with Crippen molar-refractivity contribution in [2.75, 3.05) is 5.32 Å². The summed E-state index contributed by atoms with van der Waals surface area (Å²) < 4.78 is 7.48. The van der Waals surface area contributed by atoms with Crippen LogP contribution in [0.5, 0.6) is 0 Å². The zero-order valence-electron chi connectivity index (χ0n) is 8.34. The molecule has 1 aromatic heterocycles. The molecule has 1 heterocycles. The number of nitrogens with one attached hydrogen (secondary N) is 1. The van der Waals surface area contributed by atoms with Crippen LogP contribution < -0.4 is 5.32 Å². The molecule has 0 saturated carbocycles. The van der Waals surface area contributed by atoms with Crippen LogP contribution in [0.15, 0.2) is 48.4 Å². The van der Waals surface area contributed by atoms with Crippen molar-refractivity contribution >= 4 is 59.4 Å². The first-order chi connectivity index (χ1) is 8.06. The minimum absolute atomic E-state index is 0.260. The molecule has 0 aliphatic rings. The van der Waals surface area contributed by atoms with E-state index in [-0.39, 0.29) is 11.7 Å². The summed E-state index contributed by atoms with van der Waals surface area (Å²) in [6.07, 6.45) is 0. The lowest BCUT2D eigenvalue weighted by Gasteiger charge is -2.04. The van der Waals surface area contributed by atoms with Gasteiger partial charge >= 0.3 is 0 Å². The summed E-state index contributed by atoms with van der Waals surface area (Å²) in [5.41, 5.74) is 0.692. The van der Waals surface area contributed by atoms with E-state index in [1.54, 1.807) is 24.3 Å². The minimum atomic E-state index is -0.287. The van der Waals surface area contributed by atoms with Crippen molar-refractivity contribution in [2.45, 2.75) is 0 Å². The number of carbonyl (C=O) groups excluding carboxylic acids is 1. The molecule has 17 heavy (non-hydrogen) atoms. The lowest BCUT2D eigenvalue weighted by atomic mass is 10.3. The molecule has 6 heteroatoms. The van der Waals surface area contributed by atoms with Crippen molar-refractivity contribution in [1.82, 2.24) is 0 Å². The average Bonchev–Trinajstić information content (AvgIpc) is 2.70. The number of furan rings is 1. The Morgan fingerprint density at radius 2 is 1.82 bits per heavy atom. The number of hydrogen-bond donors (Lipinski definition) is 1. The van der Waals surface area contributed by atoms with Gasteiger partial charge in [0.05, 0.1) is 0 Å². The molecule has 0 aliphatic carbocycles. The maximum atomic E-state index is 11.8. The molecule has 0 unspecified atom stereocenters. The summed E-state index contributed by atoms with van der Waals surface area (Å²) in [7, 11) is 0.